The van der Waals surface area contributed by atoms with Gasteiger partial charge < -0.3 is 14.7 Å². The molecule has 1 spiro atoms. The third-order valence-electron chi connectivity index (χ3n) is 7.06. The lowest BCUT2D eigenvalue weighted by molar-refractivity contribution is -0.192. The number of likely N-dealkylation sites (N-methyl/N-ethyl adjacent to an activating group) is 1. The number of carbonyl (C=O) groups is 2. The van der Waals surface area contributed by atoms with E-state index in [1.54, 1.807) is 13.3 Å². The Bertz CT molecular complexity index is 1310. The van der Waals surface area contributed by atoms with E-state index in [9.17, 15) is 18.0 Å². The highest BCUT2D eigenvalue weighted by atomic mass is 19.4. The van der Waals surface area contributed by atoms with Gasteiger partial charge in [0.05, 0.1) is 18.4 Å². The van der Waals surface area contributed by atoms with Crippen LogP contribution in [0.15, 0.2) is 60.8 Å². The number of halogens is 3. The van der Waals surface area contributed by atoms with Crippen LogP contribution in [-0.2, 0) is 16.8 Å². The second-order valence-corrected chi connectivity index (χ2v) is 9.69. The summed E-state index contributed by atoms with van der Waals surface area (Å²) < 4.78 is 37.0. The molecule has 2 aromatic carbocycles. The molecular formula is C28H29F3N4O4. The lowest BCUT2D eigenvalue weighted by Crippen LogP contribution is -2.53. The largest absolute Gasteiger partial charge is 0.497 e. The number of benzene rings is 2. The highest BCUT2D eigenvalue weighted by Crippen LogP contribution is 2.41. The lowest BCUT2D eigenvalue weighted by atomic mass is 9.71. The molecular weight excluding hydrogens is 513 g/mol. The number of nitrogens with zero attached hydrogens (tertiary/aromatic N) is 4. The summed E-state index contributed by atoms with van der Waals surface area (Å²) >= 11 is 0. The van der Waals surface area contributed by atoms with E-state index in [1.165, 1.54) is 5.56 Å². The molecule has 0 unspecified atom stereocenters. The molecule has 1 saturated heterocycles. The normalized spacial score (nSPS) is 16.7. The van der Waals surface area contributed by atoms with Gasteiger partial charge >= 0.3 is 12.1 Å². The van der Waals surface area contributed by atoms with Crippen LogP contribution in [0.2, 0.25) is 0 Å². The molecule has 2 aliphatic heterocycles. The number of carbonyl (C=O) groups excluding carboxylic acids is 1. The summed E-state index contributed by atoms with van der Waals surface area (Å²) in [6.07, 6.45) is -1.41. The van der Waals surface area contributed by atoms with Gasteiger partial charge in [0.25, 0.3) is 5.91 Å². The van der Waals surface area contributed by atoms with Gasteiger partial charge in [0.2, 0.25) is 0 Å². The third kappa shape index (κ3) is 6.36. The molecule has 11 heteroatoms. The van der Waals surface area contributed by atoms with E-state index >= 15 is 0 Å². The average Bonchev–Trinajstić information content (AvgIpc) is 2.93. The second-order valence-electron chi connectivity index (χ2n) is 9.69. The van der Waals surface area contributed by atoms with Crippen LogP contribution in [0.4, 0.5) is 13.2 Å². The maximum absolute atomic E-state index is 12.9. The number of piperidine rings is 1. The number of amides is 1. The number of carboxylic acids is 1. The van der Waals surface area contributed by atoms with Gasteiger partial charge in [0.1, 0.15) is 5.75 Å². The minimum absolute atomic E-state index is 0.0194. The van der Waals surface area contributed by atoms with Gasteiger partial charge in [0, 0.05) is 37.3 Å². The molecule has 39 heavy (non-hydrogen) atoms. The van der Waals surface area contributed by atoms with E-state index < -0.39 is 12.1 Å². The molecule has 3 heterocycles. The van der Waals surface area contributed by atoms with Crippen LogP contribution in [0.5, 0.6) is 5.75 Å². The Morgan fingerprint density at radius 2 is 1.69 bits per heavy atom. The van der Waals surface area contributed by atoms with Crippen molar-refractivity contribution in [1.82, 2.24) is 19.8 Å². The SMILES string of the molecule is COc1ccc(CN2CCC3(CC2)CN(C)C(=O)c2cnc(-c4ccccc4)nc23)cc1.O=C(O)C(F)(F)F. The Labute approximate surface area is 224 Å². The zero-order valence-electron chi connectivity index (χ0n) is 21.6. The first kappa shape index (κ1) is 28.0. The number of fused-ring (bicyclic) bond motifs is 2. The van der Waals surface area contributed by atoms with Crippen molar-refractivity contribution in [3.05, 3.63) is 77.6 Å². The van der Waals surface area contributed by atoms with Crippen molar-refractivity contribution in [2.24, 2.45) is 0 Å². The highest BCUT2D eigenvalue weighted by molar-refractivity contribution is 5.96. The van der Waals surface area contributed by atoms with Crippen LogP contribution in [0.3, 0.4) is 0 Å². The van der Waals surface area contributed by atoms with Gasteiger partial charge in [-0.15, -0.1) is 0 Å². The minimum Gasteiger partial charge on any atom is -0.497 e. The van der Waals surface area contributed by atoms with E-state index in [1.807, 2.05) is 54.4 Å². The number of hydrogen-bond acceptors (Lipinski definition) is 6. The van der Waals surface area contributed by atoms with Crippen LogP contribution < -0.4 is 4.74 Å². The molecule has 1 aromatic heterocycles. The Morgan fingerprint density at radius 3 is 2.26 bits per heavy atom. The molecule has 0 atom stereocenters. The van der Waals surface area contributed by atoms with Crippen molar-refractivity contribution in [3.63, 3.8) is 0 Å². The summed E-state index contributed by atoms with van der Waals surface area (Å²) in [4.78, 5) is 35.6. The van der Waals surface area contributed by atoms with Crippen LogP contribution in [0.1, 0.15) is 34.5 Å². The Balaban J connectivity index is 0.000000448. The van der Waals surface area contributed by atoms with Crippen molar-refractivity contribution < 1.29 is 32.6 Å². The molecule has 0 saturated carbocycles. The van der Waals surface area contributed by atoms with E-state index in [4.69, 9.17) is 19.6 Å². The molecule has 5 rings (SSSR count). The van der Waals surface area contributed by atoms with Crippen molar-refractivity contribution >= 4 is 11.9 Å². The summed E-state index contributed by atoms with van der Waals surface area (Å²) in [6.45, 7) is 3.57. The van der Waals surface area contributed by atoms with Gasteiger partial charge in [-0.2, -0.15) is 13.2 Å². The number of aromatic nitrogens is 2. The number of likely N-dealkylation sites (tertiary alicyclic amines) is 1. The van der Waals surface area contributed by atoms with Crippen LogP contribution >= 0.6 is 0 Å². The Hall–Kier alpha value is -3.99. The molecule has 1 amide bonds. The van der Waals surface area contributed by atoms with Crippen LogP contribution in [0.25, 0.3) is 11.4 Å². The molecule has 0 bridgehead atoms. The summed E-state index contributed by atoms with van der Waals surface area (Å²) in [7, 11) is 3.58. The monoisotopic (exact) mass is 542 g/mol. The predicted molar refractivity (Wildman–Crippen MR) is 137 cm³/mol. The zero-order chi connectivity index (χ0) is 28.2. The van der Waals surface area contributed by atoms with Gasteiger partial charge in [0.15, 0.2) is 5.82 Å². The fourth-order valence-electron chi connectivity index (χ4n) is 5.00. The third-order valence-corrected chi connectivity index (χ3v) is 7.06. The van der Waals surface area contributed by atoms with Crippen LogP contribution in [-0.4, -0.2) is 76.7 Å². The van der Waals surface area contributed by atoms with E-state index in [0.29, 0.717) is 17.9 Å². The van der Waals surface area contributed by atoms with E-state index in [0.717, 1.165) is 49.5 Å². The minimum atomic E-state index is -5.08. The second kappa shape index (κ2) is 11.4. The first-order valence-electron chi connectivity index (χ1n) is 12.4. The van der Waals surface area contributed by atoms with Crippen LogP contribution in [0, 0.1) is 0 Å². The molecule has 8 nitrogen and oxygen atoms in total. The summed E-state index contributed by atoms with van der Waals surface area (Å²) in [5.41, 5.74) is 3.72. The number of alkyl halides is 3. The van der Waals surface area contributed by atoms with E-state index in [-0.39, 0.29) is 11.3 Å². The highest BCUT2D eigenvalue weighted by Gasteiger charge is 2.45. The van der Waals surface area contributed by atoms with Crippen molar-refractivity contribution in [2.45, 2.75) is 31.0 Å². The maximum Gasteiger partial charge on any atom is 0.490 e. The smallest absolute Gasteiger partial charge is 0.490 e. The van der Waals surface area contributed by atoms with Crippen molar-refractivity contribution in [3.8, 4) is 17.1 Å². The molecule has 1 N–H and O–H groups in total. The number of rotatable bonds is 4. The van der Waals surface area contributed by atoms with E-state index in [2.05, 4.69) is 22.0 Å². The molecule has 2 aliphatic rings. The first-order chi connectivity index (χ1) is 18.5. The van der Waals surface area contributed by atoms with Gasteiger partial charge in [-0.25, -0.2) is 14.8 Å². The maximum atomic E-state index is 12.9. The number of carboxylic acid groups (broad SMARTS) is 1. The number of methoxy groups -OCH3 is 1. The fourth-order valence-corrected chi connectivity index (χ4v) is 5.00. The molecule has 206 valence electrons. The lowest BCUT2D eigenvalue weighted by Gasteiger charge is -2.46. The van der Waals surface area contributed by atoms with Gasteiger partial charge in [-0.1, -0.05) is 42.5 Å². The van der Waals surface area contributed by atoms with Gasteiger partial charge in [-0.3, -0.25) is 9.69 Å². The number of aliphatic carboxylic acids is 1. The summed E-state index contributed by atoms with van der Waals surface area (Å²) in [5.74, 6) is -1.16. The molecule has 0 radical (unpaired) electrons. The topological polar surface area (TPSA) is 95.9 Å². The van der Waals surface area contributed by atoms with Crippen molar-refractivity contribution in [2.75, 3.05) is 33.8 Å². The average molecular weight is 543 g/mol. The standard InChI is InChI=1S/C26H28N4O2.C2HF3O2/c1-29-18-26(12-14-30(15-13-26)17-19-8-10-21(32-2)11-9-19)23-22(25(29)31)16-27-24(28-23)20-6-4-3-5-7-20;3-2(4,5)1(6)7/h3-11,16H,12-15,17-18H2,1-2H3;(H,6,7). The van der Waals surface area contributed by atoms with Crippen molar-refractivity contribution in [1.29, 1.82) is 0 Å². The summed E-state index contributed by atoms with van der Waals surface area (Å²) in [6, 6.07) is 18.3. The zero-order valence-corrected chi connectivity index (χ0v) is 21.6. The quantitative estimate of drug-likeness (QED) is 0.522. The Kier molecular flexibility index (Phi) is 8.19. The first-order valence-corrected chi connectivity index (χ1v) is 12.4. The number of ether oxygens (including phenoxy) is 1. The fraction of sp³-hybridized carbons (Fsp3) is 0.357. The molecule has 1 fully saturated rings. The predicted octanol–water partition coefficient (Wildman–Crippen LogP) is 4.40. The molecule has 3 aromatic rings. The molecule has 0 aliphatic carbocycles. The summed E-state index contributed by atoms with van der Waals surface area (Å²) in [5, 5.41) is 7.12. The number of hydrogen-bond donors (Lipinski definition) is 1. The van der Waals surface area contributed by atoms with Gasteiger partial charge in [-0.05, 0) is 43.6 Å². The Morgan fingerprint density at radius 1 is 1.08 bits per heavy atom.